The lowest BCUT2D eigenvalue weighted by atomic mass is 10.2. The number of aromatic nitrogens is 2. The number of pyridine rings is 1. The van der Waals surface area contributed by atoms with E-state index < -0.39 is 0 Å². The summed E-state index contributed by atoms with van der Waals surface area (Å²) in [4.78, 5) is 4.09. The van der Waals surface area contributed by atoms with Gasteiger partial charge in [-0.2, -0.15) is 5.26 Å². The lowest BCUT2D eigenvalue weighted by molar-refractivity contribution is 0.695. The summed E-state index contributed by atoms with van der Waals surface area (Å²) >= 11 is 18.7. The average Bonchev–Trinajstić information content (AvgIpc) is 2.76. The minimum absolute atomic E-state index is 0. The van der Waals surface area contributed by atoms with Gasteiger partial charge in [0.2, 0.25) is 0 Å². The van der Waals surface area contributed by atoms with Crippen LogP contribution < -0.4 is 0 Å². The summed E-state index contributed by atoms with van der Waals surface area (Å²) in [5.74, 6) is 0. The Balaban J connectivity index is 0.00000121. The first-order valence-electron chi connectivity index (χ1n) is 5.92. The molecule has 3 rings (SSSR count). The van der Waals surface area contributed by atoms with Crippen molar-refractivity contribution in [3.8, 4) is 17.3 Å². The maximum atomic E-state index is 9.35. The highest BCUT2D eigenvalue weighted by atomic mass is 35.5. The van der Waals surface area contributed by atoms with E-state index >= 15 is 0 Å². The minimum Gasteiger partial charge on any atom is -0.337 e. The summed E-state index contributed by atoms with van der Waals surface area (Å²) in [6.07, 6.45) is 4.02. The summed E-state index contributed by atoms with van der Waals surface area (Å²) in [6, 6.07) is 5.84. The molecule has 1 aliphatic heterocycles. The molecule has 0 bridgehead atoms. The molecule has 0 aromatic carbocycles. The molecule has 2 aromatic heterocycles. The zero-order chi connectivity index (χ0) is 14.3. The van der Waals surface area contributed by atoms with Crippen molar-refractivity contribution in [2.24, 2.45) is 0 Å². The molecule has 0 saturated heterocycles. The fourth-order valence-electron chi connectivity index (χ4n) is 2.38. The Kier molecular flexibility index (Phi) is 6.61. The van der Waals surface area contributed by atoms with Crippen molar-refractivity contribution in [2.75, 3.05) is 0 Å². The van der Waals surface area contributed by atoms with Gasteiger partial charge in [-0.3, -0.25) is 4.98 Å². The Labute approximate surface area is 155 Å². The highest BCUT2D eigenvalue weighted by Gasteiger charge is 2.28. The van der Waals surface area contributed by atoms with Gasteiger partial charge in [-0.1, -0.05) is 34.8 Å². The first-order chi connectivity index (χ1) is 9.65. The van der Waals surface area contributed by atoms with E-state index in [1.54, 1.807) is 12.4 Å². The standard InChI is InChI=1S/C14H8Cl3N3.2ClH/c15-10-3-5-20-13(8-2-1-4-19-7-8)11(16)9(6-18)14(20)12(10)17;;/h1-2,4,7H,3,5H2;2*1H. The SMILES string of the molecule is Cl.Cl.N#Cc1c(Cl)c(-c2cccnc2)n2c1C(Cl)=C(Cl)CC2. The van der Waals surface area contributed by atoms with E-state index in [-0.39, 0.29) is 24.8 Å². The first kappa shape index (κ1) is 19.2. The van der Waals surface area contributed by atoms with Crippen LogP contribution in [0.2, 0.25) is 5.02 Å². The molecule has 22 heavy (non-hydrogen) atoms. The summed E-state index contributed by atoms with van der Waals surface area (Å²) in [5, 5.41) is 10.7. The Morgan fingerprint density at radius 3 is 2.50 bits per heavy atom. The molecule has 0 aliphatic carbocycles. The maximum absolute atomic E-state index is 9.35. The lowest BCUT2D eigenvalue weighted by Crippen LogP contribution is -2.09. The topological polar surface area (TPSA) is 41.6 Å². The van der Waals surface area contributed by atoms with Crippen LogP contribution in [0.4, 0.5) is 0 Å². The quantitative estimate of drug-likeness (QED) is 0.640. The van der Waals surface area contributed by atoms with Crippen LogP contribution in [0.25, 0.3) is 16.3 Å². The number of hydrogen-bond donors (Lipinski definition) is 0. The van der Waals surface area contributed by atoms with Crippen LogP contribution in [0.5, 0.6) is 0 Å². The van der Waals surface area contributed by atoms with E-state index in [4.69, 9.17) is 34.8 Å². The van der Waals surface area contributed by atoms with Gasteiger partial charge in [0.05, 0.1) is 27.0 Å². The van der Waals surface area contributed by atoms with E-state index in [1.165, 1.54) is 0 Å². The van der Waals surface area contributed by atoms with Crippen LogP contribution in [-0.2, 0) is 6.54 Å². The number of halogens is 5. The number of allylic oxidation sites excluding steroid dienone is 1. The largest absolute Gasteiger partial charge is 0.337 e. The molecule has 0 atom stereocenters. The molecule has 0 radical (unpaired) electrons. The van der Waals surface area contributed by atoms with Gasteiger partial charge in [-0.15, -0.1) is 24.8 Å². The van der Waals surface area contributed by atoms with Gasteiger partial charge in [-0.05, 0) is 12.1 Å². The molecule has 8 heteroatoms. The molecular weight excluding hydrogens is 387 g/mol. The molecular formula is C14H10Cl5N3. The highest BCUT2D eigenvalue weighted by molar-refractivity contribution is 6.55. The molecule has 2 aromatic rings. The molecule has 0 N–H and O–H groups in total. The molecule has 116 valence electrons. The normalized spacial score (nSPS) is 12.8. The van der Waals surface area contributed by atoms with Crippen molar-refractivity contribution in [3.05, 3.63) is 45.8 Å². The fourth-order valence-corrected chi connectivity index (χ4v) is 3.18. The zero-order valence-corrected chi connectivity index (χ0v) is 14.9. The van der Waals surface area contributed by atoms with Gasteiger partial charge in [0.1, 0.15) is 6.07 Å². The zero-order valence-electron chi connectivity index (χ0n) is 11.0. The molecule has 3 heterocycles. The third-order valence-electron chi connectivity index (χ3n) is 3.25. The van der Waals surface area contributed by atoms with Crippen molar-refractivity contribution in [2.45, 2.75) is 13.0 Å². The Bertz CT molecular complexity index is 759. The average molecular weight is 398 g/mol. The molecule has 0 saturated carbocycles. The van der Waals surface area contributed by atoms with E-state index in [9.17, 15) is 5.26 Å². The molecule has 0 amide bonds. The van der Waals surface area contributed by atoms with Gasteiger partial charge >= 0.3 is 0 Å². The van der Waals surface area contributed by atoms with Gasteiger partial charge in [0.15, 0.2) is 0 Å². The second kappa shape index (κ2) is 7.59. The monoisotopic (exact) mass is 395 g/mol. The molecule has 0 spiro atoms. The van der Waals surface area contributed by atoms with Crippen molar-refractivity contribution < 1.29 is 0 Å². The molecule has 3 nitrogen and oxygen atoms in total. The second-order valence-electron chi connectivity index (χ2n) is 4.36. The second-order valence-corrected chi connectivity index (χ2v) is 5.57. The number of rotatable bonds is 1. The molecule has 0 unspecified atom stereocenters. The van der Waals surface area contributed by atoms with E-state index in [0.29, 0.717) is 39.3 Å². The van der Waals surface area contributed by atoms with Gasteiger partial charge in [0, 0.05) is 36.0 Å². The Hall–Kier alpha value is -0.890. The van der Waals surface area contributed by atoms with E-state index in [1.807, 2.05) is 16.7 Å². The van der Waals surface area contributed by atoms with Crippen LogP contribution >= 0.6 is 59.6 Å². The van der Waals surface area contributed by atoms with Gasteiger partial charge < -0.3 is 4.57 Å². The smallest absolute Gasteiger partial charge is 0.103 e. The van der Waals surface area contributed by atoms with Crippen molar-refractivity contribution >= 4 is 64.6 Å². The minimum atomic E-state index is 0. The van der Waals surface area contributed by atoms with Crippen molar-refractivity contribution in [3.63, 3.8) is 0 Å². The maximum Gasteiger partial charge on any atom is 0.103 e. The summed E-state index contributed by atoms with van der Waals surface area (Å²) in [6.45, 7) is 0.635. The van der Waals surface area contributed by atoms with E-state index in [0.717, 1.165) is 11.3 Å². The van der Waals surface area contributed by atoms with Crippen molar-refractivity contribution in [1.82, 2.24) is 9.55 Å². The predicted octanol–water partition coefficient (Wildman–Crippen LogP) is 5.47. The van der Waals surface area contributed by atoms with Gasteiger partial charge in [-0.25, -0.2) is 0 Å². The van der Waals surface area contributed by atoms with Crippen LogP contribution in [0.1, 0.15) is 17.7 Å². The van der Waals surface area contributed by atoms with E-state index in [2.05, 4.69) is 11.1 Å². The number of nitrogens with zero attached hydrogens (tertiary/aromatic N) is 3. The third kappa shape index (κ3) is 2.95. The number of hydrogen-bond acceptors (Lipinski definition) is 2. The first-order valence-corrected chi connectivity index (χ1v) is 7.05. The molecule has 0 fully saturated rings. The number of fused-ring (bicyclic) bond motifs is 1. The Morgan fingerprint density at radius 2 is 1.91 bits per heavy atom. The Morgan fingerprint density at radius 1 is 1.18 bits per heavy atom. The lowest BCUT2D eigenvalue weighted by Gasteiger charge is -2.18. The van der Waals surface area contributed by atoms with Crippen LogP contribution in [-0.4, -0.2) is 9.55 Å². The highest BCUT2D eigenvalue weighted by Crippen LogP contribution is 2.43. The number of nitriles is 1. The summed E-state index contributed by atoms with van der Waals surface area (Å²) < 4.78 is 1.94. The summed E-state index contributed by atoms with van der Waals surface area (Å²) in [5.41, 5.74) is 2.55. The van der Waals surface area contributed by atoms with Crippen molar-refractivity contribution in [1.29, 1.82) is 5.26 Å². The fraction of sp³-hybridized carbons (Fsp3) is 0.143. The third-order valence-corrected chi connectivity index (χ3v) is 4.50. The van der Waals surface area contributed by atoms with Gasteiger partial charge in [0.25, 0.3) is 0 Å². The predicted molar refractivity (Wildman–Crippen MR) is 95.1 cm³/mol. The van der Waals surface area contributed by atoms with Crippen LogP contribution in [0, 0.1) is 11.3 Å². The molecule has 1 aliphatic rings. The summed E-state index contributed by atoms with van der Waals surface area (Å²) in [7, 11) is 0. The van der Waals surface area contributed by atoms with Crippen LogP contribution in [0.15, 0.2) is 29.6 Å². The van der Waals surface area contributed by atoms with Crippen LogP contribution in [0.3, 0.4) is 0 Å².